The Morgan fingerprint density at radius 1 is 1.20 bits per heavy atom. The predicted molar refractivity (Wildman–Crippen MR) is 63.8 cm³/mol. The lowest BCUT2D eigenvalue weighted by atomic mass is 9.78. The van der Waals surface area contributed by atoms with Crippen LogP contribution in [0.1, 0.15) is 24.8 Å². The van der Waals surface area contributed by atoms with Gasteiger partial charge in [0.05, 0.1) is 0 Å². The van der Waals surface area contributed by atoms with Crippen LogP contribution in [0.15, 0.2) is 30.3 Å². The van der Waals surface area contributed by atoms with E-state index < -0.39 is 0 Å². The number of hydrogen-bond acceptors (Lipinski definition) is 2. The molecule has 1 saturated carbocycles. The molecule has 0 amide bonds. The maximum Gasteiger partial charge on any atom is 0.0280 e. The number of rotatable bonds is 5. The van der Waals surface area contributed by atoms with Gasteiger partial charge >= 0.3 is 0 Å². The minimum Gasteiger partial charge on any atom is -0.324 e. The summed E-state index contributed by atoms with van der Waals surface area (Å²) in [6.07, 6.45) is 4.77. The van der Waals surface area contributed by atoms with Crippen molar-refractivity contribution in [1.29, 1.82) is 0 Å². The average molecular weight is 204 g/mol. The lowest BCUT2D eigenvalue weighted by Crippen LogP contribution is -2.54. The molecule has 1 aliphatic carbocycles. The Morgan fingerprint density at radius 3 is 2.53 bits per heavy atom. The Hall–Kier alpha value is -0.860. The number of nitrogens with one attached hydrogen (secondary N) is 1. The van der Waals surface area contributed by atoms with Gasteiger partial charge < -0.3 is 11.1 Å². The summed E-state index contributed by atoms with van der Waals surface area (Å²) in [6, 6.07) is 10.6. The van der Waals surface area contributed by atoms with E-state index >= 15 is 0 Å². The molecule has 3 N–H and O–H groups in total. The van der Waals surface area contributed by atoms with E-state index in [-0.39, 0.29) is 5.54 Å². The smallest absolute Gasteiger partial charge is 0.0280 e. The van der Waals surface area contributed by atoms with Gasteiger partial charge in [-0.05, 0) is 37.8 Å². The van der Waals surface area contributed by atoms with Gasteiger partial charge in [-0.15, -0.1) is 0 Å². The van der Waals surface area contributed by atoms with E-state index in [9.17, 15) is 0 Å². The summed E-state index contributed by atoms with van der Waals surface area (Å²) in [6.45, 7) is 2.00. The molecule has 0 radical (unpaired) electrons. The first-order chi connectivity index (χ1) is 7.29. The summed E-state index contributed by atoms with van der Waals surface area (Å²) in [7, 11) is 0. The minimum atomic E-state index is 0.108. The van der Waals surface area contributed by atoms with Gasteiger partial charge in [0.15, 0.2) is 0 Å². The Kier molecular flexibility index (Phi) is 3.39. The second-order valence-electron chi connectivity index (χ2n) is 4.63. The van der Waals surface area contributed by atoms with Crippen molar-refractivity contribution in [3.63, 3.8) is 0 Å². The normalized spacial score (nSPS) is 18.5. The van der Waals surface area contributed by atoms with Crippen molar-refractivity contribution in [2.45, 2.75) is 31.2 Å². The molecule has 0 heterocycles. The third-order valence-corrected chi connectivity index (χ3v) is 3.26. The van der Waals surface area contributed by atoms with Crippen molar-refractivity contribution in [3.8, 4) is 0 Å². The largest absolute Gasteiger partial charge is 0.324 e. The van der Waals surface area contributed by atoms with Crippen LogP contribution in [-0.4, -0.2) is 18.6 Å². The number of nitrogens with two attached hydrogens (primary N) is 1. The quantitative estimate of drug-likeness (QED) is 0.716. The summed E-state index contributed by atoms with van der Waals surface area (Å²) < 4.78 is 0. The van der Waals surface area contributed by atoms with Crippen LogP contribution in [0.2, 0.25) is 0 Å². The molecule has 15 heavy (non-hydrogen) atoms. The summed E-state index contributed by atoms with van der Waals surface area (Å²) in [5, 5.41) is 3.45. The highest BCUT2D eigenvalue weighted by Gasteiger charge is 2.31. The molecule has 2 rings (SSSR count). The third kappa shape index (κ3) is 3.05. The van der Waals surface area contributed by atoms with Gasteiger partial charge in [0.2, 0.25) is 0 Å². The number of benzene rings is 1. The average Bonchev–Trinajstić information content (AvgIpc) is 2.23. The summed E-state index contributed by atoms with van der Waals surface area (Å²) in [5.41, 5.74) is 7.62. The summed E-state index contributed by atoms with van der Waals surface area (Å²) in [4.78, 5) is 0. The van der Waals surface area contributed by atoms with Gasteiger partial charge in [-0.2, -0.15) is 0 Å². The van der Waals surface area contributed by atoms with Crippen LogP contribution < -0.4 is 11.1 Å². The second-order valence-corrected chi connectivity index (χ2v) is 4.63. The van der Waals surface area contributed by atoms with E-state index in [1.54, 1.807) is 0 Å². The van der Waals surface area contributed by atoms with Crippen LogP contribution in [-0.2, 0) is 6.42 Å². The first kappa shape index (κ1) is 10.7. The van der Waals surface area contributed by atoms with Crippen LogP contribution in [0.5, 0.6) is 0 Å². The molecule has 1 aromatic carbocycles. The second kappa shape index (κ2) is 4.77. The Morgan fingerprint density at radius 2 is 1.93 bits per heavy atom. The molecule has 82 valence electrons. The molecule has 0 bridgehead atoms. The Balaban J connectivity index is 1.63. The topological polar surface area (TPSA) is 38.0 Å². The minimum absolute atomic E-state index is 0.108. The van der Waals surface area contributed by atoms with Gasteiger partial charge in [0.25, 0.3) is 0 Å². The zero-order valence-corrected chi connectivity index (χ0v) is 9.21. The highest BCUT2D eigenvalue weighted by atomic mass is 14.9. The molecule has 0 spiro atoms. The fraction of sp³-hybridized carbons (Fsp3) is 0.538. The van der Waals surface area contributed by atoms with Crippen molar-refractivity contribution in [3.05, 3.63) is 35.9 Å². The SMILES string of the molecule is NC1(CNCCc2ccccc2)CCC1. The van der Waals surface area contributed by atoms with Crippen LogP contribution in [0.4, 0.5) is 0 Å². The van der Waals surface area contributed by atoms with Crippen molar-refractivity contribution < 1.29 is 0 Å². The molecule has 0 aliphatic heterocycles. The van der Waals surface area contributed by atoms with Crippen LogP contribution in [0, 0.1) is 0 Å². The predicted octanol–water partition coefficient (Wildman–Crippen LogP) is 1.70. The monoisotopic (exact) mass is 204 g/mol. The molecule has 1 aromatic rings. The van der Waals surface area contributed by atoms with E-state index in [0.29, 0.717) is 0 Å². The first-order valence-corrected chi connectivity index (χ1v) is 5.82. The molecular weight excluding hydrogens is 184 g/mol. The Labute approximate surface area is 91.9 Å². The van der Waals surface area contributed by atoms with Crippen molar-refractivity contribution in [1.82, 2.24) is 5.32 Å². The van der Waals surface area contributed by atoms with Gasteiger partial charge in [0.1, 0.15) is 0 Å². The first-order valence-electron chi connectivity index (χ1n) is 5.82. The lowest BCUT2D eigenvalue weighted by Gasteiger charge is -2.38. The molecule has 2 heteroatoms. The molecule has 1 aliphatic rings. The zero-order valence-electron chi connectivity index (χ0n) is 9.21. The highest BCUT2D eigenvalue weighted by molar-refractivity contribution is 5.14. The van der Waals surface area contributed by atoms with Gasteiger partial charge in [0, 0.05) is 12.1 Å². The molecule has 2 nitrogen and oxygen atoms in total. The maximum atomic E-state index is 6.12. The molecule has 0 unspecified atom stereocenters. The Bertz CT molecular complexity index is 291. The van der Waals surface area contributed by atoms with E-state index in [1.807, 2.05) is 0 Å². The van der Waals surface area contributed by atoms with E-state index in [0.717, 1.165) is 19.5 Å². The maximum absolute atomic E-state index is 6.12. The summed E-state index contributed by atoms with van der Waals surface area (Å²) in [5.74, 6) is 0. The standard InChI is InChI=1S/C13H20N2/c14-13(8-4-9-13)11-15-10-7-12-5-2-1-3-6-12/h1-3,5-6,15H,4,7-11,14H2. The molecule has 1 fully saturated rings. The van der Waals surface area contributed by atoms with Crippen LogP contribution >= 0.6 is 0 Å². The molecular formula is C13H20N2. The fourth-order valence-electron chi connectivity index (χ4n) is 2.02. The lowest BCUT2D eigenvalue weighted by molar-refractivity contribution is 0.240. The van der Waals surface area contributed by atoms with Crippen molar-refractivity contribution >= 4 is 0 Å². The van der Waals surface area contributed by atoms with E-state index in [4.69, 9.17) is 5.73 Å². The molecule has 0 atom stereocenters. The summed E-state index contributed by atoms with van der Waals surface area (Å²) >= 11 is 0. The molecule has 0 saturated heterocycles. The zero-order chi connectivity index (χ0) is 10.6. The van der Waals surface area contributed by atoms with E-state index in [2.05, 4.69) is 35.6 Å². The van der Waals surface area contributed by atoms with Crippen LogP contribution in [0.3, 0.4) is 0 Å². The fourth-order valence-corrected chi connectivity index (χ4v) is 2.02. The van der Waals surface area contributed by atoms with Gasteiger partial charge in [-0.1, -0.05) is 30.3 Å². The van der Waals surface area contributed by atoms with Crippen molar-refractivity contribution in [2.75, 3.05) is 13.1 Å². The van der Waals surface area contributed by atoms with Crippen molar-refractivity contribution in [2.24, 2.45) is 5.73 Å². The van der Waals surface area contributed by atoms with Gasteiger partial charge in [-0.25, -0.2) is 0 Å². The van der Waals surface area contributed by atoms with Gasteiger partial charge in [-0.3, -0.25) is 0 Å². The highest BCUT2D eigenvalue weighted by Crippen LogP contribution is 2.27. The van der Waals surface area contributed by atoms with E-state index in [1.165, 1.54) is 24.8 Å². The number of hydrogen-bond donors (Lipinski definition) is 2. The third-order valence-electron chi connectivity index (χ3n) is 3.26. The van der Waals surface area contributed by atoms with Crippen LogP contribution in [0.25, 0.3) is 0 Å². The molecule has 0 aromatic heterocycles.